The SMILES string of the molecule is CCC(C)(C)Cn1c(=S)[nH]c2ccc(Br)cc21. The average Bonchev–Trinajstić information content (AvgIpc) is 2.56. The van der Waals surface area contributed by atoms with Crippen molar-refractivity contribution in [3.05, 3.63) is 27.4 Å². The first-order valence-corrected chi connectivity index (χ1v) is 7.01. The normalized spacial score (nSPS) is 12.2. The number of hydrogen-bond acceptors (Lipinski definition) is 1. The second-order valence-corrected chi connectivity index (χ2v) is 6.50. The number of benzene rings is 1. The summed E-state index contributed by atoms with van der Waals surface area (Å²) in [7, 11) is 0. The van der Waals surface area contributed by atoms with Gasteiger partial charge in [0.25, 0.3) is 0 Å². The molecule has 0 amide bonds. The topological polar surface area (TPSA) is 20.7 Å². The summed E-state index contributed by atoms with van der Waals surface area (Å²) in [6.45, 7) is 7.70. The third kappa shape index (κ3) is 2.63. The fraction of sp³-hybridized carbons (Fsp3) is 0.462. The van der Waals surface area contributed by atoms with Crippen molar-refractivity contribution < 1.29 is 0 Å². The molecule has 0 radical (unpaired) electrons. The molecule has 0 aliphatic carbocycles. The second kappa shape index (κ2) is 4.58. The lowest BCUT2D eigenvalue weighted by molar-refractivity contribution is 0.297. The van der Waals surface area contributed by atoms with Crippen LogP contribution in [0.3, 0.4) is 0 Å². The van der Waals surface area contributed by atoms with Crippen molar-refractivity contribution in [2.45, 2.75) is 33.7 Å². The summed E-state index contributed by atoms with van der Waals surface area (Å²) in [4.78, 5) is 3.26. The minimum absolute atomic E-state index is 0.260. The number of H-pyrrole nitrogens is 1. The Hall–Kier alpha value is -0.610. The van der Waals surface area contributed by atoms with Gasteiger partial charge >= 0.3 is 0 Å². The lowest BCUT2D eigenvalue weighted by Crippen LogP contribution is -2.18. The third-order valence-corrected chi connectivity index (χ3v) is 4.10. The summed E-state index contributed by atoms with van der Waals surface area (Å²) in [5.74, 6) is 0. The first kappa shape index (κ1) is 12.8. The zero-order chi connectivity index (χ0) is 12.6. The number of halogens is 1. The summed E-state index contributed by atoms with van der Waals surface area (Å²) in [6.07, 6.45) is 1.13. The molecule has 1 heterocycles. The summed E-state index contributed by atoms with van der Waals surface area (Å²) in [5.41, 5.74) is 2.53. The van der Waals surface area contributed by atoms with Gasteiger partial charge in [-0.1, -0.05) is 36.7 Å². The molecule has 0 bridgehead atoms. The number of aromatic nitrogens is 2. The van der Waals surface area contributed by atoms with Gasteiger partial charge in [-0.25, -0.2) is 0 Å². The fourth-order valence-corrected chi connectivity index (χ4v) is 2.44. The lowest BCUT2D eigenvalue weighted by atomic mass is 9.90. The van der Waals surface area contributed by atoms with Gasteiger partial charge in [0.1, 0.15) is 0 Å². The Morgan fingerprint density at radius 3 is 2.76 bits per heavy atom. The van der Waals surface area contributed by atoms with Crippen LogP contribution in [-0.2, 0) is 6.54 Å². The number of nitrogens with one attached hydrogen (secondary N) is 1. The van der Waals surface area contributed by atoms with Crippen LogP contribution in [-0.4, -0.2) is 9.55 Å². The van der Waals surface area contributed by atoms with Crippen molar-refractivity contribution in [1.29, 1.82) is 0 Å². The van der Waals surface area contributed by atoms with Crippen LogP contribution in [0, 0.1) is 10.2 Å². The third-order valence-electron chi connectivity index (χ3n) is 3.28. The van der Waals surface area contributed by atoms with Crippen molar-refractivity contribution in [3.63, 3.8) is 0 Å². The molecule has 2 nitrogen and oxygen atoms in total. The van der Waals surface area contributed by atoms with Crippen LogP contribution >= 0.6 is 28.1 Å². The van der Waals surface area contributed by atoms with Crippen molar-refractivity contribution in [2.75, 3.05) is 0 Å². The van der Waals surface area contributed by atoms with E-state index >= 15 is 0 Å². The van der Waals surface area contributed by atoms with Crippen LogP contribution < -0.4 is 0 Å². The fourth-order valence-electron chi connectivity index (χ4n) is 1.82. The Kier molecular flexibility index (Phi) is 3.46. The monoisotopic (exact) mass is 312 g/mol. The van der Waals surface area contributed by atoms with Gasteiger partial charge in [-0.05, 0) is 42.3 Å². The van der Waals surface area contributed by atoms with Gasteiger partial charge in [0, 0.05) is 11.0 Å². The number of aromatic amines is 1. The van der Waals surface area contributed by atoms with Crippen LogP contribution in [0.4, 0.5) is 0 Å². The molecule has 0 spiro atoms. The zero-order valence-electron chi connectivity index (χ0n) is 10.4. The molecule has 0 atom stereocenters. The number of fused-ring (bicyclic) bond motifs is 1. The molecule has 2 aromatic rings. The number of rotatable bonds is 3. The van der Waals surface area contributed by atoms with Crippen molar-refractivity contribution in [3.8, 4) is 0 Å². The number of nitrogens with zero attached hydrogens (tertiary/aromatic N) is 1. The Labute approximate surface area is 115 Å². The molecule has 1 N–H and O–H groups in total. The van der Waals surface area contributed by atoms with Crippen molar-refractivity contribution in [1.82, 2.24) is 9.55 Å². The van der Waals surface area contributed by atoms with E-state index in [2.05, 4.69) is 58.4 Å². The molecule has 0 saturated carbocycles. The number of hydrogen-bond donors (Lipinski definition) is 1. The highest BCUT2D eigenvalue weighted by molar-refractivity contribution is 9.10. The van der Waals surface area contributed by atoms with Crippen LogP contribution in [0.1, 0.15) is 27.2 Å². The van der Waals surface area contributed by atoms with E-state index in [1.165, 1.54) is 5.52 Å². The maximum Gasteiger partial charge on any atom is 0.178 e. The van der Waals surface area contributed by atoms with E-state index in [1.807, 2.05) is 6.07 Å². The maximum atomic E-state index is 5.40. The Balaban J connectivity index is 2.56. The van der Waals surface area contributed by atoms with Gasteiger partial charge in [-0.2, -0.15) is 0 Å². The zero-order valence-corrected chi connectivity index (χ0v) is 12.8. The van der Waals surface area contributed by atoms with Crippen LogP contribution in [0.5, 0.6) is 0 Å². The van der Waals surface area contributed by atoms with E-state index < -0.39 is 0 Å². The Morgan fingerprint density at radius 2 is 2.12 bits per heavy atom. The van der Waals surface area contributed by atoms with Gasteiger partial charge in [-0.15, -0.1) is 0 Å². The van der Waals surface area contributed by atoms with E-state index in [1.54, 1.807) is 0 Å². The molecular weight excluding hydrogens is 296 g/mol. The van der Waals surface area contributed by atoms with Crippen molar-refractivity contribution in [2.24, 2.45) is 5.41 Å². The molecule has 2 rings (SSSR count). The molecule has 17 heavy (non-hydrogen) atoms. The number of imidazole rings is 1. The van der Waals surface area contributed by atoms with Crippen molar-refractivity contribution >= 4 is 39.2 Å². The molecule has 0 unspecified atom stereocenters. The molecule has 92 valence electrons. The molecule has 1 aromatic carbocycles. The van der Waals surface area contributed by atoms with E-state index in [-0.39, 0.29) is 5.41 Å². The average molecular weight is 313 g/mol. The van der Waals surface area contributed by atoms with Gasteiger partial charge in [0.05, 0.1) is 11.0 Å². The smallest absolute Gasteiger partial charge is 0.178 e. The molecule has 0 aliphatic heterocycles. The minimum atomic E-state index is 0.260. The van der Waals surface area contributed by atoms with E-state index in [4.69, 9.17) is 12.2 Å². The van der Waals surface area contributed by atoms with Gasteiger partial charge in [-0.3, -0.25) is 0 Å². The van der Waals surface area contributed by atoms with Gasteiger partial charge in [0.2, 0.25) is 0 Å². The van der Waals surface area contributed by atoms with Crippen LogP contribution in [0.25, 0.3) is 11.0 Å². The highest BCUT2D eigenvalue weighted by atomic mass is 79.9. The molecular formula is C13H17BrN2S. The maximum absolute atomic E-state index is 5.40. The summed E-state index contributed by atoms with van der Waals surface area (Å²) in [6, 6.07) is 6.21. The standard InChI is InChI=1S/C13H17BrN2S/c1-4-13(2,3)8-16-11-7-9(14)5-6-10(11)15-12(16)17/h5-7H,4,8H2,1-3H3,(H,15,17). The lowest BCUT2D eigenvalue weighted by Gasteiger charge is -2.23. The molecule has 0 aliphatic rings. The Bertz CT molecular complexity index is 595. The minimum Gasteiger partial charge on any atom is -0.331 e. The Morgan fingerprint density at radius 1 is 1.41 bits per heavy atom. The van der Waals surface area contributed by atoms with E-state index in [9.17, 15) is 0 Å². The first-order chi connectivity index (χ1) is 7.93. The molecule has 4 heteroatoms. The second-order valence-electron chi connectivity index (χ2n) is 5.20. The first-order valence-electron chi connectivity index (χ1n) is 5.81. The van der Waals surface area contributed by atoms with E-state index in [0.29, 0.717) is 0 Å². The van der Waals surface area contributed by atoms with Crippen LogP contribution in [0.15, 0.2) is 22.7 Å². The quantitative estimate of drug-likeness (QED) is 0.800. The highest BCUT2D eigenvalue weighted by Gasteiger charge is 2.18. The highest BCUT2D eigenvalue weighted by Crippen LogP contribution is 2.26. The van der Waals surface area contributed by atoms with E-state index in [0.717, 1.165) is 27.7 Å². The molecule has 0 fully saturated rings. The summed E-state index contributed by atoms with van der Waals surface area (Å²) < 4.78 is 4.08. The summed E-state index contributed by atoms with van der Waals surface area (Å²) in [5, 5.41) is 0. The van der Waals surface area contributed by atoms with Crippen LogP contribution in [0.2, 0.25) is 0 Å². The largest absolute Gasteiger partial charge is 0.331 e. The summed E-state index contributed by atoms with van der Waals surface area (Å²) >= 11 is 8.92. The van der Waals surface area contributed by atoms with Gasteiger partial charge in [0.15, 0.2) is 4.77 Å². The molecule has 1 aromatic heterocycles. The predicted molar refractivity (Wildman–Crippen MR) is 78.9 cm³/mol. The molecule has 0 saturated heterocycles. The van der Waals surface area contributed by atoms with Gasteiger partial charge < -0.3 is 9.55 Å². The predicted octanol–water partition coefficient (Wildman–Crippen LogP) is 4.90.